The van der Waals surface area contributed by atoms with E-state index in [2.05, 4.69) is 10.2 Å². The zero-order valence-corrected chi connectivity index (χ0v) is 19.5. The predicted octanol–water partition coefficient (Wildman–Crippen LogP) is 5.48. The van der Waals surface area contributed by atoms with Crippen LogP contribution in [0.1, 0.15) is 25.7 Å². The fraction of sp³-hybridized carbons (Fsp3) is 0.400. The van der Waals surface area contributed by atoms with E-state index in [1.807, 2.05) is 14.1 Å². The molecule has 0 aliphatic heterocycles. The second-order valence-corrected chi connectivity index (χ2v) is 8.60. The third-order valence-electron chi connectivity index (χ3n) is 5.45. The summed E-state index contributed by atoms with van der Waals surface area (Å²) in [5.74, 6) is -2.34. The second-order valence-electron chi connectivity index (χ2n) is 8.60. The van der Waals surface area contributed by atoms with Gasteiger partial charge >= 0.3 is 0 Å². The van der Waals surface area contributed by atoms with Crippen LogP contribution in [-0.2, 0) is 0 Å². The fourth-order valence-corrected chi connectivity index (χ4v) is 3.72. The Balaban J connectivity index is 1.86. The Hall–Kier alpha value is -3.00. The maximum atomic E-state index is 14.6. The molecule has 0 amide bonds. The van der Waals surface area contributed by atoms with Crippen LogP contribution in [0.5, 0.6) is 0 Å². The molecule has 1 aromatic heterocycles. The molecule has 3 rings (SSSR count). The van der Waals surface area contributed by atoms with E-state index in [1.54, 1.807) is 31.1 Å². The fourth-order valence-electron chi connectivity index (χ4n) is 3.72. The van der Waals surface area contributed by atoms with E-state index in [0.29, 0.717) is 18.3 Å². The molecule has 0 unspecified atom stereocenters. The van der Waals surface area contributed by atoms with Crippen molar-refractivity contribution in [2.24, 2.45) is 0 Å². The highest BCUT2D eigenvalue weighted by Crippen LogP contribution is 2.31. The molecule has 0 bridgehead atoms. The van der Waals surface area contributed by atoms with Crippen LogP contribution < -0.4 is 15.6 Å². The third-order valence-corrected chi connectivity index (χ3v) is 5.45. The molecule has 2 aromatic carbocycles. The van der Waals surface area contributed by atoms with Gasteiger partial charge in [0.05, 0.1) is 16.8 Å². The first-order chi connectivity index (χ1) is 15.7. The molecule has 1 heterocycles. The molecule has 5 nitrogen and oxygen atoms in total. The minimum absolute atomic E-state index is 0.00839. The Morgan fingerprint density at radius 2 is 1.61 bits per heavy atom. The van der Waals surface area contributed by atoms with Gasteiger partial charge in [-0.1, -0.05) is 12.8 Å². The van der Waals surface area contributed by atoms with Crippen LogP contribution in [-0.4, -0.2) is 46.2 Å². The maximum Gasteiger partial charge on any atom is 0.195 e. The van der Waals surface area contributed by atoms with Crippen LogP contribution in [0, 0.1) is 17.5 Å². The predicted molar refractivity (Wildman–Crippen MR) is 128 cm³/mol. The summed E-state index contributed by atoms with van der Waals surface area (Å²) in [6.45, 7) is 1.45. The zero-order chi connectivity index (χ0) is 24.1. The van der Waals surface area contributed by atoms with E-state index in [-0.39, 0.29) is 28.0 Å². The van der Waals surface area contributed by atoms with Crippen LogP contribution in [0.15, 0.2) is 39.5 Å². The summed E-state index contributed by atoms with van der Waals surface area (Å²) in [5, 5.41) is 2.75. The highest BCUT2D eigenvalue weighted by atomic mass is 19.1. The van der Waals surface area contributed by atoms with Crippen molar-refractivity contribution in [3.8, 4) is 11.3 Å². The van der Waals surface area contributed by atoms with Gasteiger partial charge in [-0.05, 0) is 51.7 Å². The Labute approximate surface area is 191 Å². The van der Waals surface area contributed by atoms with Gasteiger partial charge in [0.1, 0.15) is 17.4 Å². The van der Waals surface area contributed by atoms with Gasteiger partial charge in [-0.2, -0.15) is 0 Å². The SMILES string of the molecule is CN(C)CCCCCCNc1c(F)cc(F)c2oc(-c3ccc(N(C)C)c(F)c3)cc(=O)c12. The van der Waals surface area contributed by atoms with Crippen LogP contribution in [0.4, 0.5) is 24.5 Å². The lowest BCUT2D eigenvalue weighted by Crippen LogP contribution is -2.13. The van der Waals surface area contributed by atoms with Gasteiger partial charge in [0, 0.05) is 38.3 Å². The van der Waals surface area contributed by atoms with Gasteiger partial charge in [-0.25, -0.2) is 13.2 Å². The van der Waals surface area contributed by atoms with Crippen LogP contribution in [0.25, 0.3) is 22.3 Å². The highest BCUT2D eigenvalue weighted by Gasteiger charge is 2.19. The molecule has 0 aliphatic rings. The first-order valence-corrected chi connectivity index (χ1v) is 11.0. The minimum Gasteiger partial charge on any atom is -0.453 e. The van der Waals surface area contributed by atoms with Gasteiger partial charge in [0.2, 0.25) is 0 Å². The summed E-state index contributed by atoms with van der Waals surface area (Å²) in [7, 11) is 7.46. The second kappa shape index (κ2) is 10.7. The Morgan fingerprint density at radius 1 is 0.879 bits per heavy atom. The number of anilines is 2. The van der Waals surface area contributed by atoms with Crippen molar-refractivity contribution in [2.45, 2.75) is 25.7 Å². The third kappa shape index (κ3) is 5.87. The molecule has 8 heteroatoms. The lowest BCUT2D eigenvalue weighted by molar-refractivity contribution is 0.391. The summed E-state index contributed by atoms with van der Waals surface area (Å²) in [4.78, 5) is 16.6. The number of benzene rings is 2. The topological polar surface area (TPSA) is 48.7 Å². The molecule has 0 saturated heterocycles. The van der Waals surface area contributed by atoms with Crippen molar-refractivity contribution in [3.05, 3.63) is 58.0 Å². The number of rotatable bonds is 10. The number of nitrogens with one attached hydrogen (secondary N) is 1. The van der Waals surface area contributed by atoms with Gasteiger partial charge < -0.3 is 19.5 Å². The number of hydrogen-bond donors (Lipinski definition) is 1. The maximum absolute atomic E-state index is 14.6. The molecular weight excluding hydrogens is 431 g/mol. The van der Waals surface area contributed by atoms with Crippen molar-refractivity contribution in [3.63, 3.8) is 0 Å². The van der Waals surface area contributed by atoms with E-state index in [4.69, 9.17) is 4.42 Å². The molecule has 0 radical (unpaired) electrons. The van der Waals surface area contributed by atoms with Crippen molar-refractivity contribution >= 4 is 22.3 Å². The highest BCUT2D eigenvalue weighted by molar-refractivity contribution is 5.91. The summed E-state index contributed by atoms with van der Waals surface area (Å²) in [6, 6.07) is 6.18. The largest absolute Gasteiger partial charge is 0.453 e. The smallest absolute Gasteiger partial charge is 0.195 e. The molecule has 178 valence electrons. The molecule has 33 heavy (non-hydrogen) atoms. The molecular formula is C25H30F3N3O2. The molecule has 0 saturated carbocycles. The summed E-state index contributed by atoms with van der Waals surface area (Å²) >= 11 is 0. The number of unbranched alkanes of at least 4 members (excludes halogenated alkanes) is 3. The number of hydrogen-bond acceptors (Lipinski definition) is 5. The van der Waals surface area contributed by atoms with E-state index in [0.717, 1.165) is 38.3 Å². The van der Waals surface area contributed by atoms with Gasteiger partial charge in [0.25, 0.3) is 0 Å². The van der Waals surface area contributed by atoms with Gasteiger partial charge in [-0.15, -0.1) is 0 Å². The van der Waals surface area contributed by atoms with Crippen LogP contribution in [0.2, 0.25) is 0 Å². The molecule has 0 atom stereocenters. The van der Waals surface area contributed by atoms with Crippen molar-refractivity contribution in [2.75, 3.05) is 51.5 Å². The number of nitrogens with zero attached hydrogens (tertiary/aromatic N) is 2. The Kier molecular flexibility index (Phi) is 8.02. The molecule has 0 fully saturated rings. The van der Waals surface area contributed by atoms with E-state index in [9.17, 15) is 18.0 Å². The quantitative estimate of drug-likeness (QED) is 0.406. The average Bonchev–Trinajstić information content (AvgIpc) is 2.74. The summed E-state index contributed by atoms with van der Waals surface area (Å²) < 4.78 is 49.1. The zero-order valence-electron chi connectivity index (χ0n) is 19.5. The van der Waals surface area contributed by atoms with Gasteiger partial charge in [0.15, 0.2) is 16.8 Å². The molecule has 1 N–H and O–H groups in total. The minimum atomic E-state index is -0.985. The number of halogens is 3. The summed E-state index contributed by atoms with van der Waals surface area (Å²) in [5.41, 5.74) is -0.384. The van der Waals surface area contributed by atoms with Crippen molar-refractivity contribution in [1.82, 2.24) is 4.90 Å². The normalized spacial score (nSPS) is 11.4. The lowest BCUT2D eigenvalue weighted by Gasteiger charge is -2.14. The van der Waals surface area contributed by atoms with Crippen LogP contribution in [0.3, 0.4) is 0 Å². The van der Waals surface area contributed by atoms with Gasteiger partial charge in [-0.3, -0.25) is 4.79 Å². The lowest BCUT2D eigenvalue weighted by atomic mass is 10.1. The standard InChI is InChI=1S/C25H30F3N3O2/c1-30(2)12-8-6-5-7-11-29-24-18(27)14-19(28)25-23(24)21(32)15-22(33-25)16-9-10-20(31(3)4)17(26)13-16/h9-10,13-15,29H,5-8,11-12H2,1-4H3. The van der Waals surface area contributed by atoms with E-state index >= 15 is 0 Å². The average molecular weight is 462 g/mol. The number of fused-ring (bicyclic) bond motifs is 1. The van der Waals surface area contributed by atoms with Crippen molar-refractivity contribution in [1.29, 1.82) is 0 Å². The molecule has 0 aliphatic carbocycles. The van der Waals surface area contributed by atoms with E-state index in [1.165, 1.54) is 6.07 Å². The van der Waals surface area contributed by atoms with E-state index < -0.39 is 22.9 Å². The Bertz CT molecular complexity index is 1180. The Morgan fingerprint density at radius 3 is 2.27 bits per heavy atom. The first kappa shape index (κ1) is 24.6. The van der Waals surface area contributed by atoms with Crippen molar-refractivity contribution < 1.29 is 17.6 Å². The first-order valence-electron chi connectivity index (χ1n) is 11.0. The van der Waals surface area contributed by atoms with Crippen LogP contribution >= 0.6 is 0 Å². The molecule has 3 aromatic rings. The summed E-state index contributed by atoms with van der Waals surface area (Å²) in [6.07, 6.45) is 3.85. The monoisotopic (exact) mass is 461 g/mol. The molecule has 0 spiro atoms.